The van der Waals surface area contributed by atoms with Crippen molar-refractivity contribution in [2.45, 2.75) is 133 Å². The number of aromatic hydroxyl groups is 3. The number of rotatable bonds is 14. The zero-order valence-electron chi connectivity index (χ0n) is 77.0. The van der Waals surface area contributed by atoms with Crippen molar-refractivity contribution in [1.82, 2.24) is 64.4 Å². The van der Waals surface area contributed by atoms with Gasteiger partial charge in [-0.1, -0.05) is 71.2 Å². The molecule has 8 fully saturated rings. The molecule has 7 aromatic carbocycles. The highest BCUT2D eigenvalue weighted by Gasteiger charge is 2.34. The number of phenols is 3. The van der Waals surface area contributed by atoms with Crippen molar-refractivity contribution in [2.75, 3.05) is 182 Å². The van der Waals surface area contributed by atoms with E-state index in [0.29, 0.717) is 105 Å². The lowest BCUT2D eigenvalue weighted by molar-refractivity contribution is -0.126. The quantitative estimate of drug-likeness (QED) is 0.0161. The molecule has 0 radical (unpaired) electrons. The number of halogens is 14. The van der Waals surface area contributed by atoms with Crippen LogP contribution in [0, 0.1) is 40.7 Å². The average molecular weight is 2140 g/mol. The molecule has 19 rings (SSSR count). The zero-order chi connectivity index (χ0) is 98.4. The number of piperazine rings is 1. The number of carbonyl (C=O) groups is 1. The Kier molecular flexibility index (Phi) is 36.4. The van der Waals surface area contributed by atoms with E-state index in [0.717, 1.165) is 180 Å². The normalized spacial score (nSPS) is 17.6. The molecule has 0 spiro atoms. The minimum absolute atomic E-state index is 0.00304. The van der Waals surface area contributed by atoms with E-state index >= 15 is 8.78 Å². The highest BCUT2D eigenvalue weighted by Crippen LogP contribution is 2.47. The van der Waals surface area contributed by atoms with Gasteiger partial charge in [-0.15, -0.1) is 0 Å². The fourth-order valence-electron chi connectivity index (χ4n) is 18.2. The second-order valence-electron chi connectivity index (χ2n) is 35.9. The summed E-state index contributed by atoms with van der Waals surface area (Å²) in [5.41, 5.74) is 4.68. The molecule has 8 saturated heterocycles. The maximum absolute atomic E-state index is 16.2. The molecule has 0 unspecified atom stereocenters. The highest BCUT2D eigenvalue weighted by atomic mass is 79.9. The van der Waals surface area contributed by atoms with Gasteiger partial charge in [0.15, 0.2) is 23.3 Å². The van der Waals surface area contributed by atoms with E-state index in [1.807, 2.05) is 4.90 Å². The van der Waals surface area contributed by atoms with Gasteiger partial charge in [-0.2, -0.15) is 19.9 Å². The number of nitrogens with two attached hydrogens (primary N) is 1. The fraction of sp³-hybridized carbons (Fsp3) is 0.448. The maximum Gasteiger partial charge on any atom is 0.495 e. The summed E-state index contributed by atoms with van der Waals surface area (Å²) in [6.07, 6.45) is 19.4. The predicted molar refractivity (Wildman–Crippen MR) is 545 cm³/mol. The van der Waals surface area contributed by atoms with Gasteiger partial charge < -0.3 is 91.2 Å². The van der Waals surface area contributed by atoms with Crippen LogP contribution in [-0.4, -0.2) is 273 Å². The van der Waals surface area contributed by atoms with Crippen molar-refractivity contribution in [3.63, 3.8) is 0 Å². The van der Waals surface area contributed by atoms with Gasteiger partial charge in [-0.05, 0) is 300 Å². The molecule has 10 N–H and O–H groups in total. The summed E-state index contributed by atoms with van der Waals surface area (Å²) >= 11 is 37.6. The number of aromatic nitrogens is 8. The number of fused-ring (bicyclic) bond motifs is 4. The molecule has 11 aromatic rings. The smallest absolute Gasteiger partial charge is 0.495 e. The summed E-state index contributed by atoms with van der Waals surface area (Å²) < 4.78 is 104. The molecular formula is C96H112BBr2Cl5F7N21O6. The van der Waals surface area contributed by atoms with Gasteiger partial charge >= 0.3 is 7.12 Å². The third-order valence-corrected chi connectivity index (χ3v) is 29.4. The number of amides is 1. The number of hydrogen-bond acceptors (Lipinski definition) is 26. The molecule has 138 heavy (non-hydrogen) atoms. The summed E-state index contributed by atoms with van der Waals surface area (Å²) in [4.78, 5) is 67.6. The number of anilines is 7. The molecule has 8 aliphatic heterocycles. The Hall–Kier alpha value is -9.19. The third kappa shape index (κ3) is 25.5. The van der Waals surface area contributed by atoms with Gasteiger partial charge in [-0.3, -0.25) is 4.79 Å². The van der Waals surface area contributed by atoms with Crippen LogP contribution in [0.25, 0.3) is 65.9 Å². The third-order valence-electron chi connectivity index (χ3n) is 26.0. The van der Waals surface area contributed by atoms with Crippen molar-refractivity contribution in [3.05, 3.63) is 167 Å². The van der Waals surface area contributed by atoms with Crippen molar-refractivity contribution in [3.8, 4) is 39.5 Å². The molecule has 0 aliphatic carbocycles. The zero-order valence-corrected chi connectivity index (χ0v) is 84.0. The van der Waals surface area contributed by atoms with Gasteiger partial charge in [0.25, 0.3) is 0 Å². The van der Waals surface area contributed by atoms with Crippen LogP contribution in [0.1, 0.15) is 109 Å². The van der Waals surface area contributed by atoms with Gasteiger partial charge in [0.1, 0.15) is 80.0 Å². The average Bonchev–Trinajstić information content (AvgIpc) is 0.747. The SMILES string of the molecule is C=CC(=O)N1CCN(c2nc(NC3CCN(C)CC3)nc3c(F)c(-c4c(O)cccc4F)c(Cl)cc23)CC1.CN1CCC(N)CC1.CN1CCC(Nc2nc(N3CCCCC3)c3cc(Cl)c(-c4c(O)cccc4F)c(F)c3n2)CC1.CN1CCC(Nc2nc(N3CCCCC3)c3cc(Cl)c(Br)c(F)c3n2)CC1.Fc1c(Br)c(Cl)cc2c(N3CCCCC3)nc(Cl)nc12.OB(O)c1c(O)cccc1F. The van der Waals surface area contributed by atoms with Crippen LogP contribution in [0.15, 0.2) is 100 Å². The molecule has 0 saturated carbocycles. The Morgan fingerprint density at radius 3 is 1.02 bits per heavy atom. The lowest BCUT2D eigenvalue weighted by atomic mass is 9.79. The van der Waals surface area contributed by atoms with Crippen LogP contribution in [0.5, 0.6) is 17.2 Å². The van der Waals surface area contributed by atoms with E-state index < -0.39 is 64.8 Å². The molecule has 42 heteroatoms. The molecule has 0 atom stereocenters. The van der Waals surface area contributed by atoms with Crippen LogP contribution in [0.3, 0.4) is 0 Å². The molecule has 12 heterocycles. The molecule has 0 bridgehead atoms. The van der Waals surface area contributed by atoms with Crippen LogP contribution < -0.4 is 46.7 Å². The topological polar surface area (TPSA) is 313 Å². The number of nitrogens with zero attached hydrogens (tertiary/aromatic N) is 17. The van der Waals surface area contributed by atoms with Crippen molar-refractivity contribution < 1.29 is 60.9 Å². The Bertz CT molecular complexity index is 6090. The number of carbonyl (C=O) groups excluding carboxylic acids is 1. The minimum atomic E-state index is -1.98. The van der Waals surface area contributed by atoms with Gasteiger partial charge in [-0.25, -0.2) is 50.7 Å². The molecule has 27 nitrogen and oxygen atoms in total. The van der Waals surface area contributed by atoms with Gasteiger partial charge in [0.2, 0.25) is 29.0 Å². The van der Waals surface area contributed by atoms with Gasteiger partial charge in [0.05, 0.1) is 45.6 Å². The molecule has 1 amide bonds. The van der Waals surface area contributed by atoms with Gasteiger partial charge in [0, 0.05) is 122 Å². The van der Waals surface area contributed by atoms with E-state index in [4.69, 9.17) is 93.8 Å². The summed E-state index contributed by atoms with van der Waals surface area (Å²) in [5.74, 6) is -2.68. The number of phenolic OH excluding ortho intramolecular Hbond substituents is 3. The molecule has 738 valence electrons. The van der Waals surface area contributed by atoms with E-state index in [1.165, 1.54) is 93.4 Å². The van der Waals surface area contributed by atoms with E-state index in [9.17, 15) is 37.0 Å². The largest absolute Gasteiger partial charge is 0.508 e. The van der Waals surface area contributed by atoms with E-state index in [2.05, 4.69) is 142 Å². The van der Waals surface area contributed by atoms with E-state index in [-0.39, 0.29) is 92.8 Å². The number of likely N-dealkylation sites (tertiary alicyclic amines) is 4. The van der Waals surface area contributed by atoms with Crippen molar-refractivity contribution >= 4 is 193 Å². The molecular weight excluding hydrogens is 2020 g/mol. The lowest BCUT2D eigenvalue weighted by Crippen LogP contribution is -2.48. The van der Waals surface area contributed by atoms with Crippen LogP contribution in [-0.2, 0) is 4.79 Å². The second-order valence-corrected chi connectivity index (χ2v) is 39.4. The number of benzene rings is 7. The minimum Gasteiger partial charge on any atom is -0.508 e. The Morgan fingerprint density at radius 2 is 0.703 bits per heavy atom. The maximum atomic E-state index is 16.2. The standard InChI is InChI=1S/C27H29ClF2N6O2.C25H28ClF2N5O.C19H24BrClFN5.C13H11BrCl2FN3.C6H6BFO3.C6H14N2/c1-3-21(38)35-11-13-36(14-12-35)26-17-15-18(28)22(23-19(29)5-4-6-20(23)37)24(30)25(17)32-27(33-26)31-16-7-9-34(2)10-8-16;1-32-12-8-15(9-13-32)29-25-30-23-16(24(31-25)33-10-3-2-4-11-33)14-17(26)20(22(23)28)21-18(27)6-5-7-19(21)34;1-26-9-5-12(6-10-26)23-19-24-17-13(11-14(21)15(20)16(17)22)18(25-19)27-7-3-2-4-8-27;14-9-8(15)6-7-11(10(9)17)18-13(16)19-12(7)20-4-2-1-3-5-20;8-4-2-1-3-5(9)6(4)7(10)11;1-8-4-2-6(7)3-5-8/h3-6,15-16,37H,1,7-14H2,2H3,(H,31,32,33);5-7,14-15,34H,2-4,8-13H2,1H3,(H,29,30,31);11-12H,2-10H2,1H3,(H,23,24,25);6H,1-5H2;1-3,9-11H;6H,2-5,7H2,1H3. The first-order chi connectivity index (χ1) is 66.2. The monoisotopic (exact) mass is 2130 g/mol. The highest BCUT2D eigenvalue weighted by molar-refractivity contribution is 9.11. The molecule has 4 aromatic heterocycles. The Labute approximate surface area is 839 Å². The fourth-order valence-corrected chi connectivity index (χ4v) is 19.9. The number of piperidine rings is 7. The summed E-state index contributed by atoms with van der Waals surface area (Å²) in [6.45, 7) is 18.8. The summed E-state index contributed by atoms with van der Waals surface area (Å²) in [7, 11) is 6.46. The lowest BCUT2D eigenvalue weighted by Gasteiger charge is -2.35. The summed E-state index contributed by atoms with van der Waals surface area (Å²) in [6, 6.07) is 18.7. The first kappa shape index (κ1) is 105. The van der Waals surface area contributed by atoms with E-state index in [1.54, 1.807) is 23.1 Å². The second kappa shape index (κ2) is 48.1. The van der Waals surface area contributed by atoms with Crippen LogP contribution >= 0.6 is 89.9 Å². The Morgan fingerprint density at radius 1 is 0.399 bits per heavy atom. The van der Waals surface area contributed by atoms with Crippen molar-refractivity contribution in [2.24, 2.45) is 5.73 Å². The van der Waals surface area contributed by atoms with Crippen molar-refractivity contribution in [1.29, 1.82) is 0 Å². The van der Waals surface area contributed by atoms with Crippen LogP contribution in [0.2, 0.25) is 25.4 Å². The first-order valence-corrected chi connectivity index (χ1v) is 49.9. The molecule has 8 aliphatic rings. The Balaban J connectivity index is 0.000000140. The number of hydrogen-bond donors (Lipinski definition) is 9. The number of nitrogens with one attached hydrogen (secondary N) is 3. The predicted octanol–water partition coefficient (Wildman–Crippen LogP) is 18.5. The summed E-state index contributed by atoms with van der Waals surface area (Å²) in [5, 5.41) is 59.6. The van der Waals surface area contributed by atoms with Crippen LogP contribution in [0.4, 0.5) is 71.8 Å². The first-order valence-electron chi connectivity index (χ1n) is 46.5.